The average molecular weight is 239 g/mol. The number of ketones is 1. The van der Waals surface area contributed by atoms with Gasteiger partial charge in [-0.05, 0) is 25.5 Å². The normalized spacial score (nSPS) is 10.6. The number of Topliss-reactive ketones (excluding diaryl/α,β-unsaturated/α-hetero) is 1. The first-order valence-electron chi connectivity index (χ1n) is 6.18. The van der Waals surface area contributed by atoms with Gasteiger partial charge in [0.05, 0.1) is 5.52 Å². The van der Waals surface area contributed by atoms with Crippen molar-refractivity contribution in [2.75, 3.05) is 0 Å². The topological polar surface area (TPSA) is 30.0 Å². The number of hydrogen-bond donors (Lipinski definition) is 0. The number of fused-ring (bicyclic) bond motifs is 1. The summed E-state index contributed by atoms with van der Waals surface area (Å²) in [5.74, 6) is 0.128. The molecule has 1 aromatic heterocycles. The minimum absolute atomic E-state index is 0.128. The van der Waals surface area contributed by atoms with Crippen LogP contribution in [0.4, 0.5) is 0 Å². The Kier molecular flexibility index (Phi) is 3.56. The molecule has 0 saturated carbocycles. The summed E-state index contributed by atoms with van der Waals surface area (Å²) >= 11 is 0. The van der Waals surface area contributed by atoms with Crippen LogP contribution >= 0.6 is 0 Å². The maximum Gasteiger partial charge on any atom is 0.167 e. The number of aryl methyl sites for hydroxylation is 1. The molecule has 0 aliphatic carbocycles. The molecule has 2 heteroatoms. The van der Waals surface area contributed by atoms with Gasteiger partial charge in [-0.2, -0.15) is 0 Å². The summed E-state index contributed by atoms with van der Waals surface area (Å²) in [7, 11) is 0. The van der Waals surface area contributed by atoms with Gasteiger partial charge in [0, 0.05) is 23.1 Å². The van der Waals surface area contributed by atoms with Crippen molar-refractivity contribution in [2.24, 2.45) is 0 Å². The molecule has 0 amide bonds. The Bertz CT molecular complexity index is 614. The van der Waals surface area contributed by atoms with E-state index in [4.69, 9.17) is 0 Å². The summed E-state index contributed by atoms with van der Waals surface area (Å²) in [6.45, 7) is 7.84. The van der Waals surface area contributed by atoms with E-state index in [-0.39, 0.29) is 5.78 Å². The van der Waals surface area contributed by atoms with Gasteiger partial charge in [-0.3, -0.25) is 9.78 Å². The number of carbonyl (C=O) groups is 1. The second-order valence-corrected chi connectivity index (χ2v) is 4.53. The SMILES string of the molecule is C=C(CC)CC(=O)c1cc(C)nc2ccccc12. The number of aromatic nitrogens is 1. The van der Waals surface area contributed by atoms with E-state index < -0.39 is 0 Å². The van der Waals surface area contributed by atoms with E-state index in [9.17, 15) is 4.79 Å². The smallest absolute Gasteiger partial charge is 0.167 e. The fourth-order valence-electron chi connectivity index (χ4n) is 1.99. The van der Waals surface area contributed by atoms with Crippen LogP contribution in [0.25, 0.3) is 10.9 Å². The number of pyridine rings is 1. The molecular formula is C16H17NO. The van der Waals surface area contributed by atoms with Gasteiger partial charge in [0.15, 0.2) is 5.78 Å². The zero-order chi connectivity index (χ0) is 13.1. The van der Waals surface area contributed by atoms with Crippen molar-refractivity contribution in [2.45, 2.75) is 26.7 Å². The van der Waals surface area contributed by atoms with Crippen molar-refractivity contribution in [3.8, 4) is 0 Å². The predicted molar refractivity (Wildman–Crippen MR) is 74.9 cm³/mol. The maximum atomic E-state index is 12.3. The molecule has 1 aromatic carbocycles. The summed E-state index contributed by atoms with van der Waals surface area (Å²) in [6.07, 6.45) is 1.26. The van der Waals surface area contributed by atoms with Gasteiger partial charge in [0.2, 0.25) is 0 Å². The summed E-state index contributed by atoms with van der Waals surface area (Å²) in [4.78, 5) is 16.7. The second kappa shape index (κ2) is 5.13. The van der Waals surface area contributed by atoms with Crippen LogP contribution in [0.2, 0.25) is 0 Å². The van der Waals surface area contributed by atoms with E-state index in [1.54, 1.807) is 0 Å². The van der Waals surface area contributed by atoms with E-state index >= 15 is 0 Å². The summed E-state index contributed by atoms with van der Waals surface area (Å²) in [6, 6.07) is 9.63. The lowest BCUT2D eigenvalue weighted by atomic mass is 9.99. The highest BCUT2D eigenvalue weighted by Crippen LogP contribution is 2.21. The Balaban J connectivity index is 2.49. The highest BCUT2D eigenvalue weighted by atomic mass is 16.1. The number of allylic oxidation sites excluding steroid dienone is 1. The molecule has 2 nitrogen and oxygen atoms in total. The van der Waals surface area contributed by atoms with Crippen LogP contribution in [-0.2, 0) is 0 Å². The zero-order valence-electron chi connectivity index (χ0n) is 10.9. The summed E-state index contributed by atoms with van der Waals surface area (Å²) in [5, 5.41) is 0.928. The summed E-state index contributed by atoms with van der Waals surface area (Å²) in [5.41, 5.74) is 3.48. The number of carbonyl (C=O) groups excluding carboxylic acids is 1. The first kappa shape index (κ1) is 12.5. The van der Waals surface area contributed by atoms with Crippen LogP contribution in [0, 0.1) is 6.92 Å². The van der Waals surface area contributed by atoms with Gasteiger partial charge in [-0.15, -0.1) is 0 Å². The molecule has 0 N–H and O–H groups in total. The van der Waals surface area contributed by atoms with E-state index in [0.29, 0.717) is 6.42 Å². The third-order valence-corrected chi connectivity index (χ3v) is 3.06. The first-order chi connectivity index (χ1) is 8.61. The molecular weight excluding hydrogens is 222 g/mol. The average Bonchev–Trinajstić information content (AvgIpc) is 2.37. The third kappa shape index (κ3) is 2.48. The third-order valence-electron chi connectivity index (χ3n) is 3.06. The quantitative estimate of drug-likeness (QED) is 0.594. The van der Waals surface area contributed by atoms with Gasteiger partial charge < -0.3 is 0 Å². The molecule has 0 radical (unpaired) electrons. The molecule has 0 fully saturated rings. The molecule has 0 bridgehead atoms. The van der Waals surface area contributed by atoms with Crippen LogP contribution < -0.4 is 0 Å². The monoisotopic (exact) mass is 239 g/mol. The number of nitrogens with zero attached hydrogens (tertiary/aromatic N) is 1. The largest absolute Gasteiger partial charge is 0.294 e. The molecule has 0 aliphatic rings. The van der Waals surface area contributed by atoms with Crippen molar-refractivity contribution in [3.05, 3.63) is 53.7 Å². The molecule has 0 aliphatic heterocycles. The molecule has 2 rings (SSSR count). The highest BCUT2D eigenvalue weighted by Gasteiger charge is 2.12. The molecule has 92 valence electrons. The lowest BCUT2D eigenvalue weighted by Crippen LogP contribution is -2.03. The molecule has 0 spiro atoms. The Morgan fingerprint density at radius 3 is 2.78 bits per heavy atom. The van der Waals surface area contributed by atoms with Crippen LogP contribution in [0.1, 0.15) is 35.8 Å². The Labute approximate surface area is 107 Å². The lowest BCUT2D eigenvalue weighted by Gasteiger charge is -2.07. The Morgan fingerprint density at radius 1 is 1.33 bits per heavy atom. The minimum atomic E-state index is 0.128. The maximum absolute atomic E-state index is 12.3. The van der Waals surface area contributed by atoms with E-state index in [1.807, 2.05) is 44.2 Å². The first-order valence-corrected chi connectivity index (χ1v) is 6.18. The van der Waals surface area contributed by atoms with Crippen LogP contribution in [0.5, 0.6) is 0 Å². The Morgan fingerprint density at radius 2 is 2.06 bits per heavy atom. The molecule has 2 aromatic rings. The van der Waals surface area contributed by atoms with Crippen molar-refractivity contribution < 1.29 is 4.79 Å². The number of para-hydroxylation sites is 1. The van der Waals surface area contributed by atoms with E-state index in [1.165, 1.54) is 0 Å². The fraction of sp³-hybridized carbons (Fsp3) is 0.250. The summed E-state index contributed by atoms with van der Waals surface area (Å²) < 4.78 is 0. The van der Waals surface area contributed by atoms with Gasteiger partial charge in [0.1, 0.15) is 0 Å². The molecule has 0 unspecified atom stereocenters. The number of benzene rings is 1. The second-order valence-electron chi connectivity index (χ2n) is 4.53. The molecule has 0 saturated heterocycles. The highest BCUT2D eigenvalue weighted by molar-refractivity contribution is 6.08. The van der Waals surface area contributed by atoms with Gasteiger partial charge >= 0.3 is 0 Å². The van der Waals surface area contributed by atoms with Gasteiger partial charge in [0.25, 0.3) is 0 Å². The molecule has 1 heterocycles. The molecule has 0 atom stereocenters. The van der Waals surface area contributed by atoms with Crippen molar-refractivity contribution in [1.82, 2.24) is 4.98 Å². The van der Waals surface area contributed by atoms with Crippen LogP contribution in [-0.4, -0.2) is 10.8 Å². The van der Waals surface area contributed by atoms with Gasteiger partial charge in [-0.25, -0.2) is 0 Å². The minimum Gasteiger partial charge on any atom is -0.294 e. The van der Waals surface area contributed by atoms with Crippen LogP contribution in [0.15, 0.2) is 42.5 Å². The van der Waals surface area contributed by atoms with E-state index in [0.717, 1.165) is 34.2 Å². The number of rotatable bonds is 4. The fourth-order valence-corrected chi connectivity index (χ4v) is 1.99. The van der Waals surface area contributed by atoms with Crippen molar-refractivity contribution >= 4 is 16.7 Å². The zero-order valence-corrected chi connectivity index (χ0v) is 10.9. The predicted octanol–water partition coefficient (Wildman–Crippen LogP) is 4.08. The number of hydrogen-bond acceptors (Lipinski definition) is 2. The van der Waals surface area contributed by atoms with Crippen molar-refractivity contribution in [3.63, 3.8) is 0 Å². The van der Waals surface area contributed by atoms with Crippen LogP contribution in [0.3, 0.4) is 0 Å². The standard InChI is InChI=1S/C16H17NO/c1-4-11(2)9-16(18)14-10-12(3)17-15-8-6-5-7-13(14)15/h5-8,10H,2,4,9H2,1,3H3. The van der Waals surface area contributed by atoms with E-state index in [2.05, 4.69) is 11.6 Å². The Hall–Kier alpha value is -1.96. The lowest BCUT2D eigenvalue weighted by molar-refractivity contribution is 0.0994. The molecule has 18 heavy (non-hydrogen) atoms. The van der Waals surface area contributed by atoms with Gasteiger partial charge in [-0.1, -0.05) is 37.3 Å². The van der Waals surface area contributed by atoms with Crippen molar-refractivity contribution in [1.29, 1.82) is 0 Å².